The van der Waals surface area contributed by atoms with Gasteiger partial charge >= 0.3 is 0 Å². The molecular weight excluding hydrogens is 212 g/mol. The minimum atomic E-state index is 0.517. The van der Waals surface area contributed by atoms with Gasteiger partial charge in [0.2, 0.25) is 0 Å². The molecule has 0 bridgehead atoms. The van der Waals surface area contributed by atoms with E-state index in [1.54, 1.807) is 6.20 Å². The van der Waals surface area contributed by atoms with Gasteiger partial charge in [-0.2, -0.15) is 5.10 Å². The molecule has 2 N–H and O–H groups in total. The van der Waals surface area contributed by atoms with E-state index in [4.69, 9.17) is 5.73 Å². The molecule has 17 heavy (non-hydrogen) atoms. The second kappa shape index (κ2) is 5.10. The minimum Gasteiger partial charge on any atom is -0.326 e. The van der Waals surface area contributed by atoms with Crippen molar-refractivity contribution in [1.82, 2.24) is 14.8 Å². The van der Waals surface area contributed by atoms with Crippen LogP contribution in [0.1, 0.15) is 24.6 Å². The fourth-order valence-corrected chi connectivity index (χ4v) is 1.89. The molecule has 0 aliphatic heterocycles. The number of aromatic nitrogens is 3. The van der Waals surface area contributed by atoms with Crippen molar-refractivity contribution in [3.8, 4) is 11.1 Å². The van der Waals surface area contributed by atoms with Crippen LogP contribution in [0.5, 0.6) is 0 Å². The molecule has 2 heterocycles. The van der Waals surface area contributed by atoms with Crippen molar-refractivity contribution in [3.63, 3.8) is 0 Å². The van der Waals surface area contributed by atoms with Crippen molar-refractivity contribution >= 4 is 0 Å². The Morgan fingerprint density at radius 1 is 1.35 bits per heavy atom. The summed E-state index contributed by atoms with van der Waals surface area (Å²) in [5.41, 5.74) is 9.94. The zero-order valence-corrected chi connectivity index (χ0v) is 10.3. The molecule has 0 amide bonds. The molecule has 0 saturated carbocycles. The Hall–Kier alpha value is -1.68. The van der Waals surface area contributed by atoms with Crippen LogP contribution in [-0.4, -0.2) is 14.8 Å². The summed E-state index contributed by atoms with van der Waals surface area (Å²) in [6.45, 7) is 5.64. The molecule has 0 fully saturated rings. The highest BCUT2D eigenvalue weighted by Gasteiger charge is 2.07. The lowest BCUT2D eigenvalue weighted by atomic mass is 10.1. The number of hydrogen-bond acceptors (Lipinski definition) is 3. The highest BCUT2D eigenvalue weighted by atomic mass is 15.3. The van der Waals surface area contributed by atoms with E-state index in [0.717, 1.165) is 35.3 Å². The lowest BCUT2D eigenvalue weighted by Gasteiger charge is -2.01. The summed E-state index contributed by atoms with van der Waals surface area (Å²) in [4.78, 5) is 4.21. The second-order valence-electron chi connectivity index (χ2n) is 4.18. The average Bonchev–Trinajstić information content (AvgIpc) is 2.71. The molecule has 0 aliphatic rings. The van der Waals surface area contributed by atoms with Gasteiger partial charge in [0.25, 0.3) is 0 Å². The van der Waals surface area contributed by atoms with Crippen molar-refractivity contribution in [1.29, 1.82) is 0 Å². The molecule has 2 aromatic rings. The zero-order valence-electron chi connectivity index (χ0n) is 10.3. The van der Waals surface area contributed by atoms with Gasteiger partial charge in [0, 0.05) is 42.8 Å². The third kappa shape index (κ3) is 2.53. The van der Waals surface area contributed by atoms with Crippen LogP contribution in [0, 0.1) is 6.92 Å². The van der Waals surface area contributed by atoms with E-state index < -0.39 is 0 Å². The topological polar surface area (TPSA) is 56.7 Å². The van der Waals surface area contributed by atoms with Crippen molar-refractivity contribution < 1.29 is 0 Å². The average molecular weight is 230 g/mol. The molecule has 0 atom stereocenters. The van der Waals surface area contributed by atoms with E-state index in [0.29, 0.717) is 6.54 Å². The predicted octanol–water partition coefficient (Wildman–Crippen LogP) is 2.12. The standard InChI is InChI=1S/C13H18N4/c1-3-4-17-9-13(10(2)16-17)12-5-11(6-14)7-15-8-12/h5,7-9H,3-4,6,14H2,1-2H3. The Labute approximate surface area is 101 Å². The maximum atomic E-state index is 5.63. The lowest BCUT2D eigenvalue weighted by Crippen LogP contribution is -1.97. The Kier molecular flexibility index (Phi) is 3.54. The summed E-state index contributed by atoms with van der Waals surface area (Å²) in [6.07, 6.45) is 6.83. The summed E-state index contributed by atoms with van der Waals surface area (Å²) in [5, 5.41) is 4.49. The molecule has 0 aromatic carbocycles. The summed E-state index contributed by atoms with van der Waals surface area (Å²) in [7, 11) is 0. The van der Waals surface area contributed by atoms with E-state index in [9.17, 15) is 0 Å². The van der Waals surface area contributed by atoms with Gasteiger partial charge in [0.1, 0.15) is 0 Å². The minimum absolute atomic E-state index is 0.517. The second-order valence-corrected chi connectivity index (χ2v) is 4.18. The number of aryl methyl sites for hydroxylation is 2. The highest BCUT2D eigenvalue weighted by molar-refractivity contribution is 5.64. The van der Waals surface area contributed by atoms with Gasteiger partial charge in [0.05, 0.1) is 5.69 Å². The van der Waals surface area contributed by atoms with E-state index in [2.05, 4.69) is 29.3 Å². The van der Waals surface area contributed by atoms with Gasteiger partial charge in [-0.1, -0.05) is 6.92 Å². The Balaban J connectivity index is 2.37. The normalized spacial score (nSPS) is 10.8. The third-order valence-electron chi connectivity index (χ3n) is 2.74. The quantitative estimate of drug-likeness (QED) is 0.875. The van der Waals surface area contributed by atoms with Crippen molar-refractivity contribution in [2.75, 3.05) is 0 Å². The molecule has 4 nitrogen and oxygen atoms in total. The van der Waals surface area contributed by atoms with Gasteiger partial charge in [-0.3, -0.25) is 9.67 Å². The van der Waals surface area contributed by atoms with Gasteiger partial charge in [-0.25, -0.2) is 0 Å². The lowest BCUT2D eigenvalue weighted by molar-refractivity contribution is 0.598. The number of pyridine rings is 1. The van der Waals surface area contributed by atoms with Gasteiger partial charge in [-0.15, -0.1) is 0 Å². The van der Waals surface area contributed by atoms with Crippen LogP contribution in [0.3, 0.4) is 0 Å². The summed E-state index contributed by atoms with van der Waals surface area (Å²) >= 11 is 0. The molecule has 2 aromatic heterocycles. The van der Waals surface area contributed by atoms with Crippen molar-refractivity contribution in [2.24, 2.45) is 5.73 Å². The van der Waals surface area contributed by atoms with Crippen LogP contribution in [0.15, 0.2) is 24.7 Å². The monoisotopic (exact) mass is 230 g/mol. The van der Waals surface area contributed by atoms with Crippen molar-refractivity contribution in [3.05, 3.63) is 35.9 Å². The van der Waals surface area contributed by atoms with Crippen molar-refractivity contribution in [2.45, 2.75) is 33.4 Å². The third-order valence-corrected chi connectivity index (χ3v) is 2.74. The van der Waals surface area contributed by atoms with Gasteiger partial charge in [0.15, 0.2) is 0 Å². The van der Waals surface area contributed by atoms with Crippen LogP contribution in [-0.2, 0) is 13.1 Å². The number of rotatable bonds is 4. The fraction of sp³-hybridized carbons (Fsp3) is 0.385. The predicted molar refractivity (Wildman–Crippen MR) is 68.4 cm³/mol. The maximum Gasteiger partial charge on any atom is 0.0672 e. The summed E-state index contributed by atoms with van der Waals surface area (Å²) in [6, 6.07) is 2.08. The van der Waals surface area contributed by atoms with Crippen LogP contribution in [0.25, 0.3) is 11.1 Å². The van der Waals surface area contributed by atoms with Crippen LogP contribution in [0.2, 0.25) is 0 Å². The first-order valence-corrected chi connectivity index (χ1v) is 5.93. The molecular formula is C13H18N4. The van der Waals surface area contributed by atoms with E-state index in [-0.39, 0.29) is 0 Å². The van der Waals surface area contributed by atoms with Gasteiger partial charge < -0.3 is 5.73 Å². The molecule has 2 rings (SSSR count). The van der Waals surface area contributed by atoms with E-state index in [1.165, 1.54) is 0 Å². The van der Waals surface area contributed by atoms with Gasteiger partial charge in [-0.05, 0) is 25.0 Å². The SMILES string of the molecule is CCCn1cc(-c2cncc(CN)c2)c(C)n1. The Morgan fingerprint density at radius 3 is 2.88 bits per heavy atom. The molecule has 0 spiro atoms. The molecule has 0 saturated heterocycles. The summed E-state index contributed by atoms with van der Waals surface area (Å²) in [5.74, 6) is 0. The number of nitrogens with two attached hydrogens (primary N) is 1. The molecule has 0 radical (unpaired) electrons. The number of hydrogen-bond donors (Lipinski definition) is 1. The summed E-state index contributed by atoms with van der Waals surface area (Å²) < 4.78 is 1.99. The molecule has 0 aliphatic carbocycles. The Morgan fingerprint density at radius 2 is 2.18 bits per heavy atom. The zero-order chi connectivity index (χ0) is 12.3. The van der Waals surface area contributed by atoms with E-state index in [1.807, 2.05) is 17.8 Å². The number of nitrogens with zero attached hydrogens (tertiary/aromatic N) is 3. The molecule has 0 unspecified atom stereocenters. The molecule has 90 valence electrons. The fourth-order valence-electron chi connectivity index (χ4n) is 1.89. The van der Waals surface area contributed by atoms with Crippen LogP contribution >= 0.6 is 0 Å². The first-order chi connectivity index (χ1) is 8.24. The first kappa shape index (κ1) is 11.8. The highest BCUT2D eigenvalue weighted by Crippen LogP contribution is 2.22. The van der Waals surface area contributed by atoms with Crippen LogP contribution < -0.4 is 5.73 Å². The smallest absolute Gasteiger partial charge is 0.0672 e. The Bertz CT molecular complexity index is 502. The first-order valence-electron chi connectivity index (χ1n) is 5.93. The molecule has 4 heteroatoms. The maximum absolute atomic E-state index is 5.63. The largest absolute Gasteiger partial charge is 0.326 e. The van der Waals surface area contributed by atoms with E-state index >= 15 is 0 Å². The van der Waals surface area contributed by atoms with Crippen LogP contribution in [0.4, 0.5) is 0 Å².